The second-order valence-electron chi connectivity index (χ2n) is 4.46. The van der Waals surface area contributed by atoms with Gasteiger partial charge in [0.25, 0.3) is 0 Å². The van der Waals surface area contributed by atoms with Crippen LogP contribution in [0.5, 0.6) is 11.5 Å². The van der Waals surface area contributed by atoms with E-state index in [2.05, 4.69) is 4.90 Å². The predicted octanol–water partition coefficient (Wildman–Crippen LogP) is 1.89. The van der Waals surface area contributed by atoms with Crippen LogP contribution in [0.15, 0.2) is 18.2 Å². The summed E-state index contributed by atoms with van der Waals surface area (Å²) in [4.78, 5) is 2.18. The summed E-state index contributed by atoms with van der Waals surface area (Å²) in [6.45, 7) is 5.95. The fourth-order valence-corrected chi connectivity index (χ4v) is 1.92. The Balaban J connectivity index is 2.73. The molecule has 0 atom stereocenters. The summed E-state index contributed by atoms with van der Waals surface area (Å²) in [6, 6.07) is 5.58. The summed E-state index contributed by atoms with van der Waals surface area (Å²) in [5, 5.41) is 10.2. The molecular formula is C15H25NO4. The lowest BCUT2D eigenvalue weighted by Crippen LogP contribution is -2.30. The number of hydrogen-bond acceptors (Lipinski definition) is 5. The third-order valence-electron chi connectivity index (χ3n) is 3.00. The molecule has 1 aromatic rings. The van der Waals surface area contributed by atoms with Gasteiger partial charge < -0.3 is 19.3 Å². The van der Waals surface area contributed by atoms with Crippen LogP contribution in [0, 0.1) is 0 Å². The van der Waals surface area contributed by atoms with Gasteiger partial charge in [0.05, 0.1) is 19.8 Å². The maximum Gasteiger partial charge on any atom is 0.162 e. The average molecular weight is 283 g/mol. The third-order valence-corrected chi connectivity index (χ3v) is 3.00. The SMILES string of the molecule is CCOc1cccc(CN(CCOC)CCOC)c1O. The third kappa shape index (κ3) is 5.36. The molecule has 0 radical (unpaired) electrons. The van der Waals surface area contributed by atoms with Crippen molar-refractivity contribution in [1.82, 2.24) is 4.90 Å². The molecule has 0 heterocycles. The van der Waals surface area contributed by atoms with Gasteiger partial charge in [0.2, 0.25) is 0 Å². The van der Waals surface area contributed by atoms with Crippen LogP contribution in [-0.4, -0.2) is 57.1 Å². The van der Waals surface area contributed by atoms with Gasteiger partial charge in [0.15, 0.2) is 11.5 Å². The number of rotatable bonds is 10. The van der Waals surface area contributed by atoms with Crippen molar-refractivity contribution >= 4 is 0 Å². The number of aromatic hydroxyl groups is 1. The van der Waals surface area contributed by atoms with E-state index >= 15 is 0 Å². The smallest absolute Gasteiger partial charge is 0.162 e. The molecule has 0 spiro atoms. The molecule has 1 N–H and O–H groups in total. The molecule has 0 unspecified atom stereocenters. The highest BCUT2D eigenvalue weighted by Gasteiger charge is 2.12. The van der Waals surface area contributed by atoms with Gasteiger partial charge >= 0.3 is 0 Å². The number of hydrogen-bond donors (Lipinski definition) is 1. The zero-order valence-electron chi connectivity index (χ0n) is 12.6. The number of phenols is 1. The van der Waals surface area contributed by atoms with Crippen molar-refractivity contribution in [2.45, 2.75) is 13.5 Å². The van der Waals surface area contributed by atoms with E-state index in [4.69, 9.17) is 14.2 Å². The Morgan fingerprint density at radius 2 is 1.75 bits per heavy atom. The van der Waals surface area contributed by atoms with Gasteiger partial charge in [-0.25, -0.2) is 0 Å². The molecule has 114 valence electrons. The highest BCUT2D eigenvalue weighted by Crippen LogP contribution is 2.30. The van der Waals surface area contributed by atoms with E-state index in [-0.39, 0.29) is 5.75 Å². The van der Waals surface area contributed by atoms with Crippen LogP contribution < -0.4 is 4.74 Å². The highest BCUT2D eigenvalue weighted by molar-refractivity contribution is 5.45. The number of methoxy groups -OCH3 is 2. The fourth-order valence-electron chi connectivity index (χ4n) is 1.92. The monoisotopic (exact) mass is 283 g/mol. The lowest BCUT2D eigenvalue weighted by Gasteiger charge is -2.22. The Labute approximate surface area is 121 Å². The molecule has 0 saturated carbocycles. The van der Waals surface area contributed by atoms with Crippen LogP contribution in [0.4, 0.5) is 0 Å². The van der Waals surface area contributed by atoms with E-state index in [0.29, 0.717) is 32.1 Å². The van der Waals surface area contributed by atoms with Gasteiger partial charge in [-0.2, -0.15) is 0 Å². The summed E-state index contributed by atoms with van der Waals surface area (Å²) < 4.78 is 15.6. The molecule has 5 heteroatoms. The summed E-state index contributed by atoms with van der Waals surface area (Å²) in [5.41, 5.74) is 0.850. The number of ether oxygens (including phenoxy) is 3. The number of benzene rings is 1. The molecule has 0 aliphatic rings. The standard InChI is InChI=1S/C15H25NO4/c1-4-20-14-7-5-6-13(15(14)17)12-16(8-10-18-2)9-11-19-3/h5-7,17H,4,8-12H2,1-3H3. The van der Waals surface area contributed by atoms with Crippen LogP contribution in [0.25, 0.3) is 0 Å². The predicted molar refractivity (Wildman–Crippen MR) is 78.3 cm³/mol. The molecule has 0 aliphatic heterocycles. The van der Waals surface area contributed by atoms with Crippen LogP contribution in [0.1, 0.15) is 12.5 Å². The normalized spacial score (nSPS) is 11.0. The van der Waals surface area contributed by atoms with Crippen LogP contribution in [0.3, 0.4) is 0 Å². The summed E-state index contributed by atoms with van der Waals surface area (Å²) in [6.07, 6.45) is 0. The zero-order valence-corrected chi connectivity index (χ0v) is 12.6. The Morgan fingerprint density at radius 1 is 1.10 bits per heavy atom. The first-order chi connectivity index (χ1) is 9.72. The Hall–Kier alpha value is -1.30. The maximum atomic E-state index is 10.2. The molecular weight excluding hydrogens is 258 g/mol. The second kappa shape index (κ2) is 9.58. The molecule has 0 aliphatic carbocycles. The van der Waals surface area contributed by atoms with E-state index in [1.165, 1.54) is 0 Å². The molecule has 0 saturated heterocycles. The quantitative estimate of drug-likeness (QED) is 0.710. The fraction of sp³-hybridized carbons (Fsp3) is 0.600. The molecule has 0 bridgehead atoms. The van der Waals surface area contributed by atoms with E-state index in [9.17, 15) is 5.11 Å². The molecule has 1 rings (SSSR count). The molecule has 0 aromatic heterocycles. The van der Waals surface area contributed by atoms with Crippen molar-refractivity contribution < 1.29 is 19.3 Å². The summed E-state index contributed by atoms with van der Waals surface area (Å²) in [5.74, 6) is 0.748. The van der Waals surface area contributed by atoms with Gasteiger partial charge in [0, 0.05) is 39.4 Å². The first kappa shape index (κ1) is 16.8. The lowest BCUT2D eigenvalue weighted by atomic mass is 10.1. The largest absolute Gasteiger partial charge is 0.504 e. The minimum Gasteiger partial charge on any atom is -0.504 e. The van der Waals surface area contributed by atoms with Crippen molar-refractivity contribution in [3.8, 4) is 11.5 Å². The Bertz CT molecular complexity index is 376. The Kier molecular flexibility index (Phi) is 8.02. The van der Waals surface area contributed by atoms with Crippen LogP contribution in [0.2, 0.25) is 0 Å². The number of phenolic OH excluding ortho intramolecular Hbond substituents is 1. The minimum atomic E-state index is 0.217. The maximum absolute atomic E-state index is 10.2. The first-order valence-electron chi connectivity index (χ1n) is 6.86. The van der Waals surface area contributed by atoms with Crippen molar-refractivity contribution in [2.24, 2.45) is 0 Å². The first-order valence-corrected chi connectivity index (χ1v) is 6.86. The Morgan fingerprint density at radius 3 is 2.30 bits per heavy atom. The minimum absolute atomic E-state index is 0.217. The van der Waals surface area contributed by atoms with Gasteiger partial charge in [-0.05, 0) is 13.0 Å². The van der Waals surface area contributed by atoms with Crippen molar-refractivity contribution in [3.63, 3.8) is 0 Å². The zero-order chi connectivity index (χ0) is 14.8. The van der Waals surface area contributed by atoms with Crippen LogP contribution >= 0.6 is 0 Å². The second-order valence-corrected chi connectivity index (χ2v) is 4.46. The van der Waals surface area contributed by atoms with Gasteiger partial charge in [-0.3, -0.25) is 4.90 Å². The summed E-state index contributed by atoms with van der Waals surface area (Å²) in [7, 11) is 3.36. The average Bonchev–Trinajstić information content (AvgIpc) is 2.46. The number of para-hydroxylation sites is 1. The van der Waals surface area contributed by atoms with E-state index in [1.54, 1.807) is 20.3 Å². The highest BCUT2D eigenvalue weighted by atomic mass is 16.5. The van der Waals surface area contributed by atoms with Gasteiger partial charge in [-0.1, -0.05) is 12.1 Å². The lowest BCUT2D eigenvalue weighted by molar-refractivity contribution is 0.109. The topological polar surface area (TPSA) is 51.2 Å². The van der Waals surface area contributed by atoms with E-state index < -0.39 is 0 Å². The van der Waals surface area contributed by atoms with Gasteiger partial charge in [-0.15, -0.1) is 0 Å². The number of nitrogens with zero attached hydrogens (tertiary/aromatic N) is 1. The molecule has 20 heavy (non-hydrogen) atoms. The van der Waals surface area contributed by atoms with E-state index in [1.807, 2.05) is 19.1 Å². The van der Waals surface area contributed by atoms with Crippen LogP contribution in [-0.2, 0) is 16.0 Å². The summed E-state index contributed by atoms with van der Waals surface area (Å²) >= 11 is 0. The molecule has 0 fully saturated rings. The van der Waals surface area contributed by atoms with Crippen molar-refractivity contribution in [3.05, 3.63) is 23.8 Å². The van der Waals surface area contributed by atoms with Gasteiger partial charge in [0.1, 0.15) is 0 Å². The van der Waals surface area contributed by atoms with E-state index in [0.717, 1.165) is 18.7 Å². The van der Waals surface area contributed by atoms with Crippen molar-refractivity contribution in [2.75, 3.05) is 47.1 Å². The molecule has 1 aromatic carbocycles. The molecule has 0 amide bonds. The molecule has 5 nitrogen and oxygen atoms in total. The van der Waals surface area contributed by atoms with Crippen molar-refractivity contribution in [1.29, 1.82) is 0 Å².